The van der Waals surface area contributed by atoms with Crippen molar-refractivity contribution < 1.29 is 9.15 Å². The van der Waals surface area contributed by atoms with Gasteiger partial charge < -0.3 is 27.8 Å². The van der Waals surface area contributed by atoms with Gasteiger partial charge in [0.25, 0.3) is 6.71 Å². The van der Waals surface area contributed by atoms with Gasteiger partial charge in [-0.05, 0) is 142 Å². The third-order valence-electron chi connectivity index (χ3n) is 19.4. The minimum atomic E-state index is -0.404. The molecule has 0 spiro atoms. The van der Waals surface area contributed by atoms with Crippen molar-refractivity contribution in [3.05, 3.63) is 259 Å². The Morgan fingerprint density at radius 2 is 0.901 bits per heavy atom. The minimum absolute atomic E-state index is 0.0862. The monoisotopic (exact) mass is 1170 g/mol. The fourth-order valence-corrected chi connectivity index (χ4v) is 15.2. The highest BCUT2D eigenvalue weighted by Crippen LogP contribution is 2.50. The Morgan fingerprint density at radius 3 is 1.55 bits per heavy atom. The van der Waals surface area contributed by atoms with E-state index in [0.29, 0.717) is 16.9 Å². The molecule has 0 saturated heterocycles. The lowest BCUT2D eigenvalue weighted by Gasteiger charge is -2.41. The Bertz CT molecular complexity index is 5880. The van der Waals surface area contributed by atoms with Crippen molar-refractivity contribution in [1.29, 1.82) is 10.5 Å². The molecule has 430 valence electrons. The van der Waals surface area contributed by atoms with Crippen LogP contribution in [0.3, 0.4) is 0 Å². The van der Waals surface area contributed by atoms with E-state index >= 15 is 0 Å². The van der Waals surface area contributed by atoms with Crippen molar-refractivity contribution in [2.24, 2.45) is 0 Å². The quantitative estimate of drug-likeness (QED) is 0.160. The smallest absolute Gasteiger partial charge is 0.261 e. The molecule has 16 aromatic rings. The topological polar surface area (TPSA) is 88.0 Å². The van der Waals surface area contributed by atoms with Gasteiger partial charge in [-0.2, -0.15) is 10.5 Å². The second kappa shape index (κ2) is 19.0. The molecule has 91 heavy (non-hydrogen) atoms. The Hall–Kier alpha value is -11.5. The lowest BCUT2D eigenvalue weighted by Crippen LogP contribution is -2.59. The number of aromatic nitrogens is 3. The number of hydrogen-bond acceptors (Lipinski definition) is 5. The summed E-state index contributed by atoms with van der Waals surface area (Å²) in [6, 6.07) is 89.7. The van der Waals surface area contributed by atoms with Gasteiger partial charge in [-0.25, -0.2) is 0 Å². The second-order valence-corrected chi connectivity index (χ2v) is 26.7. The fourth-order valence-electron chi connectivity index (χ4n) is 15.2. The van der Waals surface area contributed by atoms with E-state index < -0.39 is 6.71 Å². The number of benzene rings is 12. The van der Waals surface area contributed by atoms with Crippen LogP contribution in [-0.2, 0) is 10.8 Å². The molecule has 8 nitrogen and oxygen atoms in total. The average molecular weight is 1170 g/mol. The van der Waals surface area contributed by atoms with Crippen molar-refractivity contribution >= 4 is 128 Å². The number of anilines is 3. The number of nitrogens with zero attached hydrogens (tertiary/aromatic N) is 6. The number of rotatable bonds is 5. The number of hydrogen-bond donors (Lipinski definition) is 0. The summed E-state index contributed by atoms with van der Waals surface area (Å²) in [7, 11) is 0. The molecule has 9 heteroatoms. The highest BCUT2D eigenvalue weighted by Gasteiger charge is 2.46. The standard InChI is InChI=1S/C82H57BN6O2/c1-81(2,3)51-30-36-68-61(40-51)62-41-52(82(4,5)6)31-37-69(62)87(68)54-43-73-78-75(44-54)90-76-45-72(88-66-26-16-12-22-57(66)60-39-49(47-85)29-35-70(60)88)77-58-23-13-17-27-74(58)91-80(77)79(76)83(78)63-33-32-53(86-65-25-15-11-21-56(65)59-38-48(46-84)28-34-67(59)86)42-71(63)89(73)64-24-14-10-20-55(64)50-18-8-7-9-19-50/h7-45H,1-6H3. The van der Waals surface area contributed by atoms with Crippen molar-refractivity contribution in [2.75, 3.05) is 4.90 Å². The molecule has 0 fully saturated rings. The summed E-state index contributed by atoms with van der Waals surface area (Å²) >= 11 is 0. The zero-order valence-electron chi connectivity index (χ0n) is 51.1. The van der Waals surface area contributed by atoms with Crippen LogP contribution in [0, 0.1) is 22.7 Å². The molecule has 0 aliphatic carbocycles. The molecule has 4 aromatic heterocycles. The molecule has 2 aliphatic rings. The lowest BCUT2D eigenvalue weighted by molar-refractivity contribution is 0.486. The van der Waals surface area contributed by atoms with E-state index in [4.69, 9.17) is 9.15 Å². The first-order chi connectivity index (χ1) is 44.3. The van der Waals surface area contributed by atoms with Crippen LogP contribution in [-0.4, -0.2) is 20.4 Å². The summed E-state index contributed by atoms with van der Waals surface area (Å²) in [4.78, 5) is 2.50. The van der Waals surface area contributed by atoms with Gasteiger partial charge in [-0.3, -0.25) is 0 Å². The second-order valence-electron chi connectivity index (χ2n) is 26.7. The number of ether oxygens (including phenoxy) is 1. The molecule has 0 atom stereocenters. The van der Waals surface area contributed by atoms with Gasteiger partial charge in [0.15, 0.2) is 0 Å². The van der Waals surface area contributed by atoms with Crippen LogP contribution < -0.4 is 26.0 Å². The molecule has 0 saturated carbocycles. The molecule has 12 aromatic carbocycles. The molecule has 0 amide bonds. The Balaban J connectivity index is 0.994. The van der Waals surface area contributed by atoms with Crippen LogP contribution in [0.4, 0.5) is 17.1 Å². The Kier molecular flexibility index (Phi) is 11.0. The Labute approximate surface area is 525 Å². The summed E-state index contributed by atoms with van der Waals surface area (Å²) in [5.41, 5.74) is 22.4. The fraction of sp³-hybridized carbons (Fsp3) is 0.0976. The molecule has 0 N–H and O–H groups in total. The first kappa shape index (κ1) is 52.6. The van der Waals surface area contributed by atoms with Gasteiger partial charge in [0.05, 0.1) is 78.8 Å². The van der Waals surface area contributed by atoms with E-state index in [1.165, 1.54) is 21.9 Å². The van der Waals surface area contributed by atoms with E-state index in [-0.39, 0.29) is 10.8 Å². The third-order valence-corrected chi connectivity index (χ3v) is 19.4. The number of nitriles is 2. The molecule has 0 unspecified atom stereocenters. The summed E-state index contributed by atoms with van der Waals surface area (Å²) in [5.74, 6) is 1.44. The average Bonchev–Trinajstić information content (AvgIpc) is 1.69. The van der Waals surface area contributed by atoms with Crippen LogP contribution in [0.25, 0.3) is 116 Å². The van der Waals surface area contributed by atoms with Crippen molar-refractivity contribution in [1.82, 2.24) is 13.7 Å². The minimum Gasteiger partial charge on any atom is -0.458 e. The van der Waals surface area contributed by atoms with Gasteiger partial charge in [0, 0.05) is 77.9 Å². The van der Waals surface area contributed by atoms with E-state index in [1.54, 1.807) is 0 Å². The maximum Gasteiger partial charge on any atom is 0.261 e. The zero-order chi connectivity index (χ0) is 61.3. The summed E-state index contributed by atoms with van der Waals surface area (Å²) < 4.78 is 22.4. The van der Waals surface area contributed by atoms with Crippen molar-refractivity contribution in [3.8, 4) is 51.8 Å². The van der Waals surface area contributed by atoms with Crippen LogP contribution in [0.1, 0.15) is 63.8 Å². The van der Waals surface area contributed by atoms with Gasteiger partial charge in [-0.1, -0.05) is 163 Å². The summed E-state index contributed by atoms with van der Waals surface area (Å²) in [6.45, 7) is 13.4. The normalized spacial score (nSPS) is 13.0. The van der Waals surface area contributed by atoms with E-state index in [2.05, 4.69) is 279 Å². The SMILES string of the molecule is CC(C)(C)c1ccc2c(c1)c1cc(C(C)(C)C)ccc1n2-c1cc2c3c(c1)N(c1ccccc1-c1ccccc1)c1cc(-n4c5ccccc5c5cc(C#N)ccc54)ccc1B3c1c(cc(-n3c4ccccc4c4cc(C#N)ccc43)c3c1oc1ccccc13)O2. The predicted molar refractivity (Wildman–Crippen MR) is 375 cm³/mol. The first-order valence-corrected chi connectivity index (χ1v) is 31.2. The maximum absolute atomic E-state index is 10.3. The van der Waals surface area contributed by atoms with Crippen LogP contribution in [0.15, 0.2) is 241 Å². The third kappa shape index (κ3) is 7.62. The van der Waals surface area contributed by atoms with Crippen LogP contribution >= 0.6 is 0 Å². The summed E-state index contributed by atoms with van der Waals surface area (Å²) in [5, 5.41) is 29.0. The van der Waals surface area contributed by atoms with E-state index in [0.717, 1.165) is 144 Å². The first-order valence-electron chi connectivity index (χ1n) is 31.2. The Morgan fingerprint density at radius 1 is 0.385 bits per heavy atom. The molecular weight excluding hydrogens is 1110 g/mol. The van der Waals surface area contributed by atoms with Gasteiger partial charge in [0.2, 0.25) is 0 Å². The van der Waals surface area contributed by atoms with Crippen molar-refractivity contribution in [3.63, 3.8) is 0 Å². The van der Waals surface area contributed by atoms with Crippen molar-refractivity contribution in [2.45, 2.75) is 52.4 Å². The number of furan rings is 1. The molecule has 18 rings (SSSR count). The predicted octanol–water partition coefficient (Wildman–Crippen LogP) is 19.3. The van der Waals surface area contributed by atoms with Gasteiger partial charge in [0.1, 0.15) is 22.7 Å². The van der Waals surface area contributed by atoms with Crippen LogP contribution in [0.2, 0.25) is 0 Å². The van der Waals surface area contributed by atoms with Gasteiger partial charge >= 0.3 is 0 Å². The molecule has 0 bridgehead atoms. The maximum atomic E-state index is 10.3. The van der Waals surface area contributed by atoms with Crippen LogP contribution in [0.5, 0.6) is 11.5 Å². The highest BCUT2D eigenvalue weighted by atomic mass is 16.5. The highest BCUT2D eigenvalue weighted by molar-refractivity contribution is 7.00. The molecule has 6 heterocycles. The van der Waals surface area contributed by atoms with E-state index in [9.17, 15) is 10.5 Å². The van der Waals surface area contributed by atoms with E-state index in [1.807, 2.05) is 30.3 Å². The number of fused-ring (bicyclic) bond motifs is 17. The molecule has 2 aliphatic heterocycles. The zero-order valence-corrected chi connectivity index (χ0v) is 51.1. The largest absolute Gasteiger partial charge is 0.458 e. The summed E-state index contributed by atoms with van der Waals surface area (Å²) in [6.07, 6.45) is 0. The number of para-hydroxylation sites is 4. The molecular formula is C82H57BN6O2. The molecule has 0 radical (unpaired) electrons. The van der Waals surface area contributed by atoms with Gasteiger partial charge in [-0.15, -0.1) is 0 Å². The lowest BCUT2D eigenvalue weighted by atomic mass is 9.34.